The Bertz CT molecular complexity index is 1410. The van der Waals surface area contributed by atoms with Gasteiger partial charge in [0.1, 0.15) is 11.5 Å². The summed E-state index contributed by atoms with van der Waals surface area (Å²) in [5, 5.41) is 14.5. The standard InChI is InChI=1S/C28H29N5O4S/c1-18(37-25-15-9-14-24(17-25)36-4)26-31-32-28(33(26)23-12-6-5-7-13-23)38-19(2)27(35)30-22-11-8-10-21(16-22)29-20(3)34/h5-19H,1-4H3,(H,29,34)(H,30,35). The highest BCUT2D eigenvalue weighted by Crippen LogP contribution is 2.31. The molecule has 1 aromatic heterocycles. The van der Waals surface area contributed by atoms with Crippen LogP contribution in [0.4, 0.5) is 11.4 Å². The van der Waals surface area contributed by atoms with Gasteiger partial charge in [-0.05, 0) is 56.3 Å². The average molecular weight is 532 g/mol. The van der Waals surface area contributed by atoms with E-state index >= 15 is 0 Å². The minimum Gasteiger partial charge on any atom is -0.497 e. The zero-order valence-electron chi connectivity index (χ0n) is 21.5. The van der Waals surface area contributed by atoms with Crippen LogP contribution in [0.2, 0.25) is 0 Å². The van der Waals surface area contributed by atoms with Crippen LogP contribution >= 0.6 is 11.8 Å². The number of methoxy groups -OCH3 is 1. The van der Waals surface area contributed by atoms with Crippen LogP contribution in [0.1, 0.15) is 32.7 Å². The Morgan fingerprint density at radius 2 is 1.55 bits per heavy atom. The molecule has 2 N–H and O–H groups in total. The SMILES string of the molecule is COc1cccc(OC(C)c2nnc(SC(C)C(=O)Nc3cccc(NC(C)=O)c3)n2-c2ccccc2)c1. The number of para-hydroxylation sites is 1. The molecule has 4 aromatic rings. The van der Waals surface area contributed by atoms with E-state index in [4.69, 9.17) is 9.47 Å². The van der Waals surface area contributed by atoms with Crippen LogP contribution in [-0.2, 0) is 9.59 Å². The minimum absolute atomic E-state index is 0.182. The number of thioether (sulfide) groups is 1. The summed E-state index contributed by atoms with van der Waals surface area (Å²) in [6.45, 7) is 5.14. The fourth-order valence-corrected chi connectivity index (χ4v) is 4.58. The van der Waals surface area contributed by atoms with Crippen molar-refractivity contribution in [3.05, 3.63) is 84.7 Å². The number of hydrogen-bond donors (Lipinski definition) is 2. The smallest absolute Gasteiger partial charge is 0.237 e. The largest absolute Gasteiger partial charge is 0.497 e. The Morgan fingerprint density at radius 3 is 2.26 bits per heavy atom. The van der Waals surface area contributed by atoms with Gasteiger partial charge in [-0.3, -0.25) is 14.2 Å². The van der Waals surface area contributed by atoms with Crippen LogP contribution in [0.5, 0.6) is 11.5 Å². The van der Waals surface area contributed by atoms with Crippen molar-refractivity contribution in [3.63, 3.8) is 0 Å². The van der Waals surface area contributed by atoms with Crippen molar-refractivity contribution < 1.29 is 19.1 Å². The molecule has 10 heteroatoms. The van der Waals surface area contributed by atoms with E-state index in [0.717, 1.165) is 5.69 Å². The molecule has 0 saturated carbocycles. The number of nitrogens with zero attached hydrogens (tertiary/aromatic N) is 3. The molecule has 2 atom stereocenters. The van der Waals surface area contributed by atoms with Crippen LogP contribution in [0.25, 0.3) is 5.69 Å². The van der Waals surface area contributed by atoms with Crippen molar-refractivity contribution in [1.29, 1.82) is 0 Å². The monoisotopic (exact) mass is 531 g/mol. The first kappa shape index (κ1) is 26.7. The number of benzene rings is 3. The molecule has 0 bridgehead atoms. The van der Waals surface area contributed by atoms with Gasteiger partial charge in [0.15, 0.2) is 17.1 Å². The molecule has 4 rings (SSSR count). The predicted molar refractivity (Wildman–Crippen MR) is 148 cm³/mol. The van der Waals surface area contributed by atoms with Crippen molar-refractivity contribution >= 4 is 35.0 Å². The molecule has 3 aromatic carbocycles. The molecular weight excluding hydrogens is 502 g/mol. The van der Waals surface area contributed by atoms with E-state index in [1.807, 2.05) is 66.1 Å². The van der Waals surface area contributed by atoms with E-state index in [9.17, 15) is 9.59 Å². The van der Waals surface area contributed by atoms with Crippen LogP contribution in [0, 0.1) is 0 Å². The predicted octanol–water partition coefficient (Wildman–Crippen LogP) is 5.49. The number of hydrogen-bond acceptors (Lipinski definition) is 7. The van der Waals surface area contributed by atoms with Crippen molar-refractivity contribution in [2.75, 3.05) is 17.7 Å². The second kappa shape index (κ2) is 12.3. The van der Waals surface area contributed by atoms with Gasteiger partial charge in [-0.15, -0.1) is 10.2 Å². The van der Waals surface area contributed by atoms with Gasteiger partial charge in [0.25, 0.3) is 0 Å². The van der Waals surface area contributed by atoms with Crippen LogP contribution < -0.4 is 20.1 Å². The van der Waals surface area contributed by atoms with E-state index in [0.29, 0.717) is 33.9 Å². The fraction of sp³-hybridized carbons (Fsp3) is 0.214. The van der Waals surface area contributed by atoms with E-state index in [2.05, 4.69) is 20.8 Å². The molecule has 0 aliphatic heterocycles. The maximum absolute atomic E-state index is 13.0. The Labute approximate surface area is 225 Å². The highest BCUT2D eigenvalue weighted by Gasteiger charge is 2.24. The lowest BCUT2D eigenvalue weighted by molar-refractivity contribution is -0.115. The van der Waals surface area contributed by atoms with Crippen molar-refractivity contribution in [1.82, 2.24) is 14.8 Å². The van der Waals surface area contributed by atoms with E-state index in [-0.39, 0.29) is 11.8 Å². The number of ether oxygens (including phenoxy) is 2. The summed E-state index contributed by atoms with van der Waals surface area (Å²) in [6, 6.07) is 24.1. The van der Waals surface area contributed by atoms with Gasteiger partial charge in [-0.1, -0.05) is 42.1 Å². The van der Waals surface area contributed by atoms with Gasteiger partial charge in [0.05, 0.1) is 12.4 Å². The summed E-state index contributed by atoms with van der Waals surface area (Å²) in [7, 11) is 1.61. The van der Waals surface area contributed by atoms with Crippen LogP contribution in [0.3, 0.4) is 0 Å². The first-order chi connectivity index (χ1) is 18.3. The van der Waals surface area contributed by atoms with Crippen molar-refractivity contribution in [2.45, 2.75) is 37.3 Å². The lowest BCUT2D eigenvalue weighted by atomic mass is 10.2. The normalized spacial score (nSPS) is 12.3. The Hall–Kier alpha value is -4.31. The summed E-state index contributed by atoms with van der Waals surface area (Å²) in [4.78, 5) is 24.4. The van der Waals surface area contributed by atoms with Crippen LogP contribution in [0.15, 0.2) is 84.0 Å². The van der Waals surface area contributed by atoms with E-state index in [1.165, 1.54) is 18.7 Å². The van der Waals surface area contributed by atoms with Crippen molar-refractivity contribution in [2.24, 2.45) is 0 Å². The third-order valence-electron chi connectivity index (χ3n) is 5.49. The molecule has 1 heterocycles. The summed E-state index contributed by atoms with van der Waals surface area (Å²) in [5.41, 5.74) is 2.04. The Kier molecular flexibility index (Phi) is 8.65. The van der Waals surface area contributed by atoms with E-state index in [1.54, 1.807) is 38.3 Å². The summed E-state index contributed by atoms with van der Waals surface area (Å²) in [5.74, 6) is 1.54. The Morgan fingerprint density at radius 1 is 0.868 bits per heavy atom. The molecule has 0 saturated heterocycles. The third-order valence-corrected chi connectivity index (χ3v) is 6.54. The highest BCUT2D eigenvalue weighted by molar-refractivity contribution is 8.00. The van der Waals surface area contributed by atoms with Gasteiger partial charge in [0.2, 0.25) is 11.8 Å². The Balaban J connectivity index is 1.55. The minimum atomic E-state index is -0.492. The zero-order chi connectivity index (χ0) is 27.1. The molecule has 0 spiro atoms. The van der Waals surface area contributed by atoms with E-state index < -0.39 is 11.4 Å². The average Bonchev–Trinajstić information content (AvgIpc) is 3.32. The van der Waals surface area contributed by atoms with Gasteiger partial charge in [0, 0.05) is 30.1 Å². The molecule has 0 radical (unpaired) electrons. The lowest BCUT2D eigenvalue weighted by Gasteiger charge is -2.18. The fourth-order valence-electron chi connectivity index (χ4n) is 3.71. The first-order valence-electron chi connectivity index (χ1n) is 12.0. The number of nitrogens with one attached hydrogen (secondary N) is 2. The first-order valence-corrected chi connectivity index (χ1v) is 12.9. The zero-order valence-corrected chi connectivity index (χ0v) is 22.4. The molecule has 38 heavy (non-hydrogen) atoms. The summed E-state index contributed by atoms with van der Waals surface area (Å²) >= 11 is 1.29. The maximum atomic E-state index is 13.0. The molecule has 9 nitrogen and oxygen atoms in total. The van der Waals surface area contributed by atoms with Gasteiger partial charge >= 0.3 is 0 Å². The van der Waals surface area contributed by atoms with Gasteiger partial charge < -0.3 is 20.1 Å². The third kappa shape index (κ3) is 6.71. The highest BCUT2D eigenvalue weighted by atomic mass is 32.2. The molecular formula is C28H29N5O4S. The summed E-state index contributed by atoms with van der Waals surface area (Å²) in [6.07, 6.45) is -0.440. The molecule has 0 fully saturated rings. The lowest BCUT2D eigenvalue weighted by Crippen LogP contribution is -2.23. The molecule has 196 valence electrons. The molecule has 0 aliphatic carbocycles. The van der Waals surface area contributed by atoms with Gasteiger partial charge in [-0.2, -0.15) is 0 Å². The summed E-state index contributed by atoms with van der Waals surface area (Å²) < 4.78 is 13.4. The molecule has 0 aliphatic rings. The molecule has 2 amide bonds. The number of rotatable bonds is 10. The number of carbonyl (C=O) groups is 2. The number of amides is 2. The van der Waals surface area contributed by atoms with Gasteiger partial charge in [-0.25, -0.2) is 0 Å². The molecule has 2 unspecified atom stereocenters. The topological polar surface area (TPSA) is 107 Å². The number of anilines is 2. The number of carbonyl (C=O) groups excluding carboxylic acids is 2. The van der Waals surface area contributed by atoms with Crippen LogP contribution in [-0.4, -0.2) is 38.9 Å². The quantitative estimate of drug-likeness (QED) is 0.260. The second-order valence-electron chi connectivity index (χ2n) is 8.46. The van der Waals surface area contributed by atoms with Crippen molar-refractivity contribution in [3.8, 4) is 17.2 Å². The number of aromatic nitrogens is 3. The second-order valence-corrected chi connectivity index (χ2v) is 9.77. The maximum Gasteiger partial charge on any atom is 0.237 e.